The number of aromatic nitrogens is 2. The fourth-order valence-corrected chi connectivity index (χ4v) is 5.33. The molecule has 0 N–H and O–H groups in total. The van der Waals surface area contributed by atoms with Crippen molar-refractivity contribution in [3.63, 3.8) is 0 Å². The molecule has 6 rings (SSSR count). The van der Waals surface area contributed by atoms with Crippen LogP contribution < -0.4 is 4.74 Å². The van der Waals surface area contributed by atoms with Gasteiger partial charge < -0.3 is 9.47 Å². The molecule has 0 aliphatic carbocycles. The smallest absolute Gasteiger partial charge is 0.121 e. The van der Waals surface area contributed by atoms with Gasteiger partial charge in [-0.3, -0.25) is 19.9 Å². The van der Waals surface area contributed by atoms with Crippen molar-refractivity contribution < 1.29 is 9.47 Å². The Morgan fingerprint density at radius 1 is 1.00 bits per heavy atom. The normalized spacial score (nSPS) is 23.0. The maximum absolute atomic E-state index is 6.08. The van der Waals surface area contributed by atoms with Crippen LogP contribution >= 0.6 is 0 Å². The third-order valence-electron chi connectivity index (χ3n) is 6.98. The van der Waals surface area contributed by atoms with Crippen molar-refractivity contribution in [1.29, 1.82) is 0 Å². The highest BCUT2D eigenvalue weighted by Crippen LogP contribution is 2.41. The van der Waals surface area contributed by atoms with E-state index in [0.29, 0.717) is 12.6 Å². The average molecular weight is 444 g/mol. The first-order valence-corrected chi connectivity index (χ1v) is 11.9. The van der Waals surface area contributed by atoms with Gasteiger partial charge in [0, 0.05) is 50.0 Å². The third kappa shape index (κ3) is 4.07. The summed E-state index contributed by atoms with van der Waals surface area (Å²) < 4.78 is 11.5. The van der Waals surface area contributed by atoms with Gasteiger partial charge in [-0.15, -0.1) is 0 Å². The number of hydrogen-bond donors (Lipinski definition) is 0. The van der Waals surface area contributed by atoms with Crippen LogP contribution in [0.15, 0.2) is 60.0 Å². The van der Waals surface area contributed by atoms with Gasteiger partial charge in [-0.2, -0.15) is 5.10 Å². The molecular formula is C26H29N5O2. The van der Waals surface area contributed by atoms with Gasteiger partial charge in [0.2, 0.25) is 0 Å². The highest BCUT2D eigenvalue weighted by molar-refractivity contribution is 6.07. The van der Waals surface area contributed by atoms with E-state index in [-0.39, 0.29) is 5.92 Å². The number of nitrogens with zero attached hydrogens (tertiary/aromatic N) is 5. The SMILES string of the molecule is c1ccc(C2=NN3CCC[C@@H]3[C@H]2c2ccnc3cc(OCCN4CCOCC4)ccc23)nc1. The molecule has 2 fully saturated rings. The standard InChI is InChI=1S/C26H29N5O2/c1-2-9-27-22(4-1)26-25(24-5-3-11-31(24)29-26)21-8-10-28-23-18-19(6-7-20(21)23)33-17-14-30-12-15-32-16-13-30/h1-2,4,6-10,18,24-25H,3,5,11-17H2/t24-,25-/m1/s1. The minimum Gasteiger partial charge on any atom is -0.492 e. The van der Waals surface area contributed by atoms with E-state index in [4.69, 9.17) is 14.6 Å². The van der Waals surface area contributed by atoms with Gasteiger partial charge >= 0.3 is 0 Å². The quantitative estimate of drug-likeness (QED) is 0.583. The molecule has 2 atom stereocenters. The molecule has 0 spiro atoms. The van der Waals surface area contributed by atoms with Crippen molar-refractivity contribution in [3.8, 4) is 5.75 Å². The van der Waals surface area contributed by atoms with Crippen molar-refractivity contribution in [1.82, 2.24) is 19.9 Å². The number of pyridine rings is 2. The monoisotopic (exact) mass is 443 g/mol. The molecule has 1 aromatic carbocycles. The molecule has 0 radical (unpaired) electrons. The minimum atomic E-state index is 0.195. The van der Waals surface area contributed by atoms with Gasteiger partial charge in [-0.25, -0.2) is 0 Å². The summed E-state index contributed by atoms with van der Waals surface area (Å²) in [6.07, 6.45) is 6.10. The molecule has 0 unspecified atom stereocenters. The Kier molecular flexibility index (Phi) is 5.66. The number of hydrazone groups is 1. The molecule has 7 heteroatoms. The Bertz CT molecular complexity index is 1150. The molecule has 33 heavy (non-hydrogen) atoms. The van der Waals surface area contributed by atoms with Crippen LogP contribution in [0.2, 0.25) is 0 Å². The van der Waals surface area contributed by atoms with Crippen molar-refractivity contribution in [3.05, 3.63) is 66.1 Å². The lowest BCUT2D eigenvalue weighted by atomic mass is 9.84. The molecule has 0 amide bonds. The van der Waals surface area contributed by atoms with E-state index < -0.39 is 0 Å². The van der Waals surface area contributed by atoms with Gasteiger partial charge in [-0.05, 0) is 48.7 Å². The summed E-state index contributed by atoms with van der Waals surface area (Å²) >= 11 is 0. The second-order valence-electron chi connectivity index (χ2n) is 8.93. The number of morpholine rings is 1. The Morgan fingerprint density at radius 3 is 2.82 bits per heavy atom. The van der Waals surface area contributed by atoms with Crippen molar-refractivity contribution in [2.45, 2.75) is 24.8 Å². The first-order chi connectivity index (χ1) is 16.4. The largest absolute Gasteiger partial charge is 0.492 e. The average Bonchev–Trinajstić information content (AvgIpc) is 3.46. The van der Waals surface area contributed by atoms with Gasteiger partial charge in [-0.1, -0.05) is 6.07 Å². The second kappa shape index (κ2) is 9.08. The maximum Gasteiger partial charge on any atom is 0.121 e. The molecule has 2 saturated heterocycles. The molecule has 3 aromatic rings. The van der Waals surface area contributed by atoms with E-state index in [0.717, 1.165) is 68.5 Å². The maximum atomic E-state index is 6.08. The van der Waals surface area contributed by atoms with Gasteiger partial charge in [0.15, 0.2) is 0 Å². The fourth-order valence-electron chi connectivity index (χ4n) is 5.33. The summed E-state index contributed by atoms with van der Waals surface area (Å²) in [5.74, 6) is 1.06. The van der Waals surface area contributed by atoms with Gasteiger partial charge in [0.05, 0.1) is 42.1 Å². The lowest BCUT2D eigenvalue weighted by molar-refractivity contribution is 0.0322. The van der Waals surface area contributed by atoms with Crippen LogP contribution in [0.25, 0.3) is 10.9 Å². The fraction of sp³-hybridized carbons (Fsp3) is 0.423. The van der Waals surface area contributed by atoms with Crippen molar-refractivity contribution in [2.75, 3.05) is 46.0 Å². The first kappa shape index (κ1) is 20.6. The van der Waals surface area contributed by atoms with E-state index >= 15 is 0 Å². The number of benzene rings is 1. The number of hydrogen-bond acceptors (Lipinski definition) is 7. The topological polar surface area (TPSA) is 63.1 Å². The Balaban J connectivity index is 1.27. The summed E-state index contributed by atoms with van der Waals surface area (Å²) in [6, 6.07) is 14.9. The van der Waals surface area contributed by atoms with Gasteiger partial charge in [0.1, 0.15) is 12.4 Å². The molecule has 3 aliphatic heterocycles. The van der Waals surface area contributed by atoms with Gasteiger partial charge in [0.25, 0.3) is 0 Å². The van der Waals surface area contributed by atoms with Crippen LogP contribution in [0.4, 0.5) is 0 Å². The van der Waals surface area contributed by atoms with Crippen LogP contribution in [-0.4, -0.2) is 77.6 Å². The van der Waals surface area contributed by atoms with Crippen LogP contribution in [0, 0.1) is 0 Å². The highest BCUT2D eigenvalue weighted by Gasteiger charge is 2.42. The zero-order chi connectivity index (χ0) is 22.0. The number of ether oxygens (including phenoxy) is 2. The van der Waals surface area contributed by atoms with Crippen LogP contribution in [0.3, 0.4) is 0 Å². The van der Waals surface area contributed by atoms with E-state index in [9.17, 15) is 0 Å². The molecule has 0 saturated carbocycles. The Labute approximate surface area is 194 Å². The third-order valence-corrected chi connectivity index (χ3v) is 6.98. The molecule has 3 aliphatic rings. The minimum absolute atomic E-state index is 0.195. The molecule has 0 bridgehead atoms. The highest BCUT2D eigenvalue weighted by atomic mass is 16.5. The van der Waals surface area contributed by atoms with E-state index in [1.54, 1.807) is 0 Å². The zero-order valence-electron chi connectivity index (χ0n) is 18.8. The van der Waals surface area contributed by atoms with Crippen LogP contribution in [0.5, 0.6) is 5.75 Å². The number of rotatable bonds is 6. The zero-order valence-corrected chi connectivity index (χ0v) is 18.8. The predicted molar refractivity (Wildman–Crippen MR) is 128 cm³/mol. The predicted octanol–water partition coefficient (Wildman–Crippen LogP) is 3.31. The molecule has 2 aromatic heterocycles. The van der Waals surface area contributed by atoms with Crippen LogP contribution in [0.1, 0.15) is 30.0 Å². The molecule has 7 nitrogen and oxygen atoms in total. The van der Waals surface area contributed by atoms with Crippen molar-refractivity contribution >= 4 is 16.6 Å². The van der Waals surface area contributed by atoms with E-state index in [1.165, 1.54) is 17.4 Å². The lowest BCUT2D eigenvalue weighted by Crippen LogP contribution is -2.38. The van der Waals surface area contributed by atoms with E-state index in [2.05, 4.69) is 50.2 Å². The second-order valence-corrected chi connectivity index (χ2v) is 8.93. The molecular weight excluding hydrogens is 414 g/mol. The van der Waals surface area contributed by atoms with Crippen molar-refractivity contribution in [2.24, 2.45) is 5.10 Å². The van der Waals surface area contributed by atoms with E-state index in [1.807, 2.05) is 24.5 Å². The number of fused-ring (bicyclic) bond motifs is 2. The summed E-state index contributed by atoms with van der Waals surface area (Å²) in [5.41, 5.74) is 4.27. The molecule has 170 valence electrons. The summed E-state index contributed by atoms with van der Waals surface area (Å²) in [5, 5.41) is 8.45. The summed E-state index contributed by atoms with van der Waals surface area (Å²) in [4.78, 5) is 11.7. The summed E-state index contributed by atoms with van der Waals surface area (Å²) in [6.45, 7) is 6.18. The lowest BCUT2D eigenvalue weighted by Gasteiger charge is -2.26. The Hall–Kier alpha value is -3.03. The molecule has 5 heterocycles. The van der Waals surface area contributed by atoms with Crippen LogP contribution in [-0.2, 0) is 4.74 Å². The summed E-state index contributed by atoms with van der Waals surface area (Å²) in [7, 11) is 0. The Morgan fingerprint density at radius 2 is 1.94 bits per heavy atom. The first-order valence-electron chi connectivity index (χ1n) is 11.9.